The minimum Gasteiger partial charge on any atom is -0.492 e. The Bertz CT molecular complexity index is 865. The lowest BCUT2D eigenvalue weighted by atomic mass is 9.97. The van der Waals surface area contributed by atoms with Crippen LogP contribution in [-0.4, -0.2) is 54.4 Å². The zero-order valence-corrected chi connectivity index (χ0v) is 17.7. The summed E-state index contributed by atoms with van der Waals surface area (Å²) < 4.78 is 6.09. The second-order valence-electron chi connectivity index (χ2n) is 7.95. The van der Waals surface area contributed by atoms with Gasteiger partial charge in [0.25, 0.3) is 11.8 Å². The zero-order valence-electron chi connectivity index (χ0n) is 16.9. The molecule has 0 aliphatic carbocycles. The van der Waals surface area contributed by atoms with Crippen molar-refractivity contribution < 1.29 is 14.3 Å². The lowest BCUT2D eigenvalue weighted by Crippen LogP contribution is -2.39. The van der Waals surface area contributed by atoms with Gasteiger partial charge in [-0.3, -0.25) is 9.59 Å². The predicted octanol–water partition coefficient (Wildman–Crippen LogP) is 4.22. The Labute approximate surface area is 176 Å². The van der Waals surface area contributed by atoms with Crippen molar-refractivity contribution in [1.82, 2.24) is 9.80 Å². The van der Waals surface area contributed by atoms with Crippen molar-refractivity contribution in [3.63, 3.8) is 0 Å². The van der Waals surface area contributed by atoms with E-state index >= 15 is 0 Å². The monoisotopic (exact) mass is 412 g/mol. The van der Waals surface area contributed by atoms with Gasteiger partial charge in [0.1, 0.15) is 5.75 Å². The average molecular weight is 413 g/mol. The Morgan fingerprint density at radius 1 is 0.966 bits per heavy atom. The van der Waals surface area contributed by atoms with Crippen LogP contribution >= 0.6 is 11.3 Å². The van der Waals surface area contributed by atoms with Gasteiger partial charge in [0.15, 0.2) is 0 Å². The van der Waals surface area contributed by atoms with Gasteiger partial charge in [-0.05, 0) is 62.8 Å². The quantitative estimate of drug-likeness (QED) is 0.739. The lowest BCUT2D eigenvalue weighted by molar-refractivity contribution is 0.0661. The number of ether oxygens (including phenoxy) is 1. The van der Waals surface area contributed by atoms with Crippen LogP contribution in [0.2, 0.25) is 0 Å². The Balaban J connectivity index is 1.31. The first-order chi connectivity index (χ1) is 14.1. The molecular formula is C23H28N2O3S. The van der Waals surface area contributed by atoms with Crippen molar-refractivity contribution in [2.75, 3.05) is 32.8 Å². The topological polar surface area (TPSA) is 49.9 Å². The third-order valence-electron chi connectivity index (χ3n) is 5.84. The largest absolute Gasteiger partial charge is 0.492 e. The second-order valence-corrected chi connectivity index (χ2v) is 9.24. The van der Waals surface area contributed by atoms with Gasteiger partial charge >= 0.3 is 0 Å². The number of likely N-dealkylation sites (tertiary alicyclic amines) is 2. The summed E-state index contributed by atoms with van der Waals surface area (Å²) in [5.41, 5.74) is 0.662. The number of nitrogens with zero attached hydrogens (tertiary/aromatic N) is 2. The summed E-state index contributed by atoms with van der Waals surface area (Å²) in [6, 6.07) is 11.5. The van der Waals surface area contributed by atoms with E-state index in [0.717, 1.165) is 56.7 Å². The van der Waals surface area contributed by atoms with Gasteiger partial charge in [-0.1, -0.05) is 12.1 Å². The first kappa shape index (κ1) is 20.0. The standard InChI is InChI=1S/C23H28N2O3S/c1-17-8-9-21(29-17)23(27)25-14-10-18(11-15-25)16-28-20-7-3-2-6-19(20)22(26)24-12-4-5-13-24/h2-3,6-9,18H,4-5,10-16H2,1H3. The van der Waals surface area contributed by atoms with E-state index in [1.165, 1.54) is 4.88 Å². The molecule has 0 spiro atoms. The molecule has 2 aliphatic heterocycles. The molecular weight excluding hydrogens is 384 g/mol. The zero-order chi connectivity index (χ0) is 20.2. The van der Waals surface area contributed by atoms with Crippen LogP contribution in [0.4, 0.5) is 0 Å². The van der Waals surface area contributed by atoms with Crippen LogP contribution < -0.4 is 4.74 Å². The molecule has 1 aromatic carbocycles. The number of rotatable bonds is 5. The summed E-state index contributed by atoms with van der Waals surface area (Å²) in [4.78, 5) is 31.2. The Hall–Kier alpha value is -2.34. The van der Waals surface area contributed by atoms with E-state index in [1.807, 2.05) is 53.1 Å². The van der Waals surface area contributed by atoms with E-state index in [1.54, 1.807) is 11.3 Å². The number of amides is 2. The summed E-state index contributed by atoms with van der Waals surface area (Å²) in [5, 5.41) is 0. The maximum Gasteiger partial charge on any atom is 0.263 e. The maximum atomic E-state index is 12.8. The molecule has 1 aromatic heterocycles. The smallest absolute Gasteiger partial charge is 0.263 e. The first-order valence-corrected chi connectivity index (χ1v) is 11.3. The third-order valence-corrected chi connectivity index (χ3v) is 6.83. The summed E-state index contributed by atoms with van der Waals surface area (Å²) in [5.74, 6) is 1.30. The molecule has 3 heterocycles. The van der Waals surface area contributed by atoms with Crippen LogP contribution in [0.25, 0.3) is 0 Å². The molecule has 0 bridgehead atoms. The van der Waals surface area contributed by atoms with Crippen molar-refractivity contribution in [3.05, 3.63) is 51.7 Å². The summed E-state index contributed by atoms with van der Waals surface area (Å²) in [6.07, 6.45) is 4.02. The van der Waals surface area contributed by atoms with E-state index in [0.29, 0.717) is 23.8 Å². The van der Waals surface area contributed by atoms with Crippen LogP contribution in [0.3, 0.4) is 0 Å². The van der Waals surface area contributed by atoms with E-state index in [4.69, 9.17) is 4.74 Å². The molecule has 0 saturated carbocycles. The highest BCUT2D eigenvalue weighted by Gasteiger charge is 2.26. The molecule has 2 saturated heterocycles. The highest BCUT2D eigenvalue weighted by atomic mass is 32.1. The lowest BCUT2D eigenvalue weighted by Gasteiger charge is -2.31. The van der Waals surface area contributed by atoms with E-state index in [2.05, 4.69) is 0 Å². The van der Waals surface area contributed by atoms with Crippen LogP contribution in [0, 0.1) is 12.8 Å². The molecule has 5 nitrogen and oxygen atoms in total. The van der Waals surface area contributed by atoms with Gasteiger partial charge in [0, 0.05) is 31.1 Å². The van der Waals surface area contributed by atoms with Crippen molar-refractivity contribution >= 4 is 23.2 Å². The molecule has 2 amide bonds. The number of para-hydroxylation sites is 1. The van der Waals surface area contributed by atoms with Crippen LogP contribution in [-0.2, 0) is 0 Å². The number of hydrogen-bond donors (Lipinski definition) is 0. The maximum absolute atomic E-state index is 12.8. The second kappa shape index (κ2) is 8.99. The molecule has 6 heteroatoms. The van der Waals surface area contributed by atoms with E-state index in [9.17, 15) is 9.59 Å². The number of piperidine rings is 1. The van der Waals surface area contributed by atoms with Crippen molar-refractivity contribution in [2.24, 2.45) is 5.92 Å². The average Bonchev–Trinajstić information content (AvgIpc) is 3.44. The number of carbonyl (C=O) groups is 2. The Kier molecular flexibility index (Phi) is 6.19. The van der Waals surface area contributed by atoms with Gasteiger partial charge in [-0.15, -0.1) is 11.3 Å². The van der Waals surface area contributed by atoms with Gasteiger partial charge in [-0.2, -0.15) is 0 Å². The molecule has 0 atom stereocenters. The number of hydrogen-bond acceptors (Lipinski definition) is 4. The number of aryl methyl sites for hydroxylation is 1. The van der Waals surface area contributed by atoms with Gasteiger partial charge < -0.3 is 14.5 Å². The molecule has 0 radical (unpaired) electrons. The minimum atomic E-state index is 0.0738. The predicted molar refractivity (Wildman–Crippen MR) is 115 cm³/mol. The van der Waals surface area contributed by atoms with Crippen molar-refractivity contribution in [1.29, 1.82) is 0 Å². The van der Waals surface area contributed by atoms with Gasteiger partial charge in [0.2, 0.25) is 0 Å². The fraction of sp³-hybridized carbons (Fsp3) is 0.478. The Morgan fingerprint density at radius 3 is 2.34 bits per heavy atom. The fourth-order valence-corrected chi connectivity index (χ4v) is 4.91. The highest BCUT2D eigenvalue weighted by Crippen LogP contribution is 2.26. The van der Waals surface area contributed by atoms with Crippen LogP contribution in [0.1, 0.15) is 50.6 Å². The minimum absolute atomic E-state index is 0.0738. The molecule has 0 N–H and O–H groups in total. The molecule has 29 heavy (non-hydrogen) atoms. The van der Waals surface area contributed by atoms with E-state index < -0.39 is 0 Å². The third kappa shape index (κ3) is 4.64. The molecule has 154 valence electrons. The first-order valence-electron chi connectivity index (χ1n) is 10.5. The van der Waals surface area contributed by atoms with Crippen molar-refractivity contribution in [2.45, 2.75) is 32.6 Å². The van der Waals surface area contributed by atoms with Crippen molar-refractivity contribution in [3.8, 4) is 5.75 Å². The molecule has 2 fully saturated rings. The summed E-state index contributed by atoms with van der Waals surface area (Å²) >= 11 is 1.56. The van der Waals surface area contributed by atoms with Gasteiger partial charge in [0.05, 0.1) is 17.0 Å². The Morgan fingerprint density at radius 2 is 1.66 bits per heavy atom. The molecule has 4 rings (SSSR count). The van der Waals surface area contributed by atoms with Crippen LogP contribution in [0.5, 0.6) is 5.75 Å². The van der Waals surface area contributed by atoms with E-state index in [-0.39, 0.29) is 11.8 Å². The highest BCUT2D eigenvalue weighted by molar-refractivity contribution is 7.13. The molecule has 2 aromatic rings. The summed E-state index contributed by atoms with van der Waals surface area (Å²) in [6.45, 7) is 5.81. The fourth-order valence-electron chi connectivity index (χ4n) is 4.08. The number of thiophene rings is 1. The summed E-state index contributed by atoms with van der Waals surface area (Å²) in [7, 11) is 0. The molecule has 0 unspecified atom stereocenters. The normalized spacial score (nSPS) is 17.6. The van der Waals surface area contributed by atoms with Crippen LogP contribution in [0.15, 0.2) is 36.4 Å². The number of benzene rings is 1. The number of carbonyl (C=O) groups excluding carboxylic acids is 2. The van der Waals surface area contributed by atoms with Gasteiger partial charge in [-0.25, -0.2) is 0 Å². The SMILES string of the molecule is Cc1ccc(C(=O)N2CCC(COc3ccccc3C(=O)N3CCCC3)CC2)s1. The molecule has 2 aliphatic rings.